The molecule has 0 saturated carbocycles. The second-order valence-corrected chi connectivity index (χ2v) is 6.34. The van der Waals surface area contributed by atoms with E-state index in [-0.39, 0.29) is 0 Å². The molecule has 0 aliphatic rings. The molecule has 1 atom stereocenters. The highest BCUT2D eigenvalue weighted by molar-refractivity contribution is 4.80. The van der Waals surface area contributed by atoms with Gasteiger partial charge in [-0.05, 0) is 58.0 Å². The van der Waals surface area contributed by atoms with Crippen molar-refractivity contribution in [3.8, 4) is 0 Å². The van der Waals surface area contributed by atoms with Crippen LogP contribution in [0.25, 0.3) is 0 Å². The van der Waals surface area contributed by atoms with Gasteiger partial charge in [-0.15, -0.1) is 0 Å². The van der Waals surface area contributed by atoms with Gasteiger partial charge in [-0.2, -0.15) is 0 Å². The van der Waals surface area contributed by atoms with E-state index in [1.165, 1.54) is 58.5 Å². The lowest BCUT2D eigenvalue weighted by molar-refractivity contribution is 0.149. The summed E-state index contributed by atoms with van der Waals surface area (Å²) in [5, 5.41) is 3.38. The minimum atomic E-state index is 0.411. The molecular formula is C17H39N3. The van der Waals surface area contributed by atoms with Crippen LogP contribution >= 0.6 is 0 Å². The first kappa shape index (κ1) is 19.9. The fourth-order valence-corrected chi connectivity index (χ4v) is 3.20. The Bertz CT molecular complexity index is 208. The van der Waals surface area contributed by atoms with Gasteiger partial charge >= 0.3 is 0 Å². The van der Waals surface area contributed by atoms with Gasteiger partial charge in [0.1, 0.15) is 0 Å². The smallest absolute Gasteiger partial charge is 0.00474 e. The van der Waals surface area contributed by atoms with E-state index in [2.05, 4.69) is 56.8 Å². The van der Waals surface area contributed by atoms with Crippen molar-refractivity contribution in [2.24, 2.45) is 5.41 Å². The lowest BCUT2D eigenvalue weighted by Crippen LogP contribution is -2.42. The molecule has 0 radical (unpaired) electrons. The fraction of sp³-hybridized carbons (Fsp3) is 1.00. The zero-order valence-electron chi connectivity index (χ0n) is 15.0. The van der Waals surface area contributed by atoms with E-state index in [9.17, 15) is 0 Å². The highest BCUT2D eigenvalue weighted by Crippen LogP contribution is 2.23. The van der Waals surface area contributed by atoms with Crippen molar-refractivity contribution in [2.75, 3.05) is 52.9 Å². The predicted molar refractivity (Wildman–Crippen MR) is 91.5 cm³/mol. The summed E-state index contributed by atoms with van der Waals surface area (Å²) < 4.78 is 0. The van der Waals surface area contributed by atoms with E-state index in [1.54, 1.807) is 0 Å². The summed E-state index contributed by atoms with van der Waals surface area (Å²) in [4.78, 5) is 5.16. The first-order valence-corrected chi connectivity index (χ1v) is 8.64. The van der Waals surface area contributed by atoms with Gasteiger partial charge in [-0.25, -0.2) is 0 Å². The third kappa shape index (κ3) is 8.23. The van der Waals surface area contributed by atoms with Crippen molar-refractivity contribution >= 4 is 0 Å². The van der Waals surface area contributed by atoms with Crippen molar-refractivity contribution in [1.29, 1.82) is 0 Å². The van der Waals surface area contributed by atoms with Crippen molar-refractivity contribution < 1.29 is 0 Å². The van der Waals surface area contributed by atoms with Crippen molar-refractivity contribution in [2.45, 2.75) is 53.9 Å². The molecule has 0 saturated heterocycles. The molecule has 0 aromatic carbocycles. The molecule has 1 unspecified atom stereocenters. The van der Waals surface area contributed by atoms with Crippen LogP contribution in [0.1, 0.15) is 53.9 Å². The van der Waals surface area contributed by atoms with Crippen molar-refractivity contribution in [1.82, 2.24) is 15.1 Å². The van der Waals surface area contributed by atoms with Crippen LogP contribution in [0.4, 0.5) is 0 Å². The van der Waals surface area contributed by atoms with Crippen LogP contribution in [0, 0.1) is 5.41 Å². The Kier molecular flexibility index (Phi) is 11.5. The minimum Gasteiger partial charge on any atom is -0.319 e. The molecule has 122 valence electrons. The van der Waals surface area contributed by atoms with Crippen LogP contribution in [-0.2, 0) is 0 Å². The molecule has 3 heteroatoms. The molecule has 0 rings (SSSR count). The molecule has 0 aromatic rings. The Labute approximate surface area is 128 Å². The van der Waals surface area contributed by atoms with Gasteiger partial charge in [0.15, 0.2) is 0 Å². The fourth-order valence-electron chi connectivity index (χ4n) is 3.20. The molecule has 0 amide bonds. The zero-order valence-corrected chi connectivity index (χ0v) is 15.0. The second-order valence-electron chi connectivity index (χ2n) is 6.34. The Balaban J connectivity index is 4.23. The highest BCUT2D eigenvalue weighted by Gasteiger charge is 2.24. The summed E-state index contributed by atoms with van der Waals surface area (Å²) in [6.45, 7) is 19.9. The SMILES string of the molecule is CCCC(C)(CNC)CN(CC)CCCN(CC)CC. The molecule has 20 heavy (non-hydrogen) atoms. The van der Waals surface area contributed by atoms with Gasteiger partial charge in [0.2, 0.25) is 0 Å². The van der Waals surface area contributed by atoms with E-state index in [1.807, 2.05) is 0 Å². The molecule has 0 bridgehead atoms. The third-order valence-corrected chi connectivity index (χ3v) is 4.35. The molecule has 0 aliphatic heterocycles. The number of rotatable bonds is 13. The van der Waals surface area contributed by atoms with Gasteiger partial charge in [0.25, 0.3) is 0 Å². The average Bonchev–Trinajstić information content (AvgIpc) is 2.42. The van der Waals surface area contributed by atoms with E-state index < -0.39 is 0 Å². The second kappa shape index (κ2) is 11.5. The number of nitrogens with zero attached hydrogens (tertiary/aromatic N) is 2. The van der Waals surface area contributed by atoms with Crippen LogP contribution in [-0.4, -0.2) is 62.7 Å². The first-order valence-electron chi connectivity index (χ1n) is 8.64. The molecule has 0 fully saturated rings. The monoisotopic (exact) mass is 285 g/mol. The Morgan fingerprint density at radius 2 is 1.45 bits per heavy atom. The third-order valence-electron chi connectivity index (χ3n) is 4.35. The summed E-state index contributed by atoms with van der Waals surface area (Å²) in [5.74, 6) is 0. The van der Waals surface area contributed by atoms with E-state index in [4.69, 9.17) is 0 Å². The van der Waals surface area contributed by atoms with Gasteiger partial charge < -0.3 is 15.1 Å². The van der Waals surface area contributed by atoms with Crippen LogP contribution in [0.2, 0.25) is 0 Å². The van der Waals surface area contributed by atoms with Crippen molar-refractivity contribution in [3.63, 3.8) is 0 Å². The summed E-state index contributed by atoms with van der Waals surface area (Å²) in [6, 6.07) is 0. The number of nitrogens with one attached hydrogen (secondary N) is 1. The first-order chi connectivity index (χ1) is 9.55. The van der Waals surface area contributed by atoms with E-state index in [0.717, 1.165) is 6.54 Å². The quantitative estimate of drug-likeness (QED) is 0.561. The molecule has 0 aliphatic carbocycles. The summed E-state index contributed by atoms with van der Waals surface area (Å²) >= 11 is 0. The lowest BCUT2D eigenvalue weighted by Gasteiger charge is -2.35. The van der Waals surface area contributed by atoms with Gasteiger partial charge in [-0.1, -0.05) is 41.0 Å². The topological polar surface area (TPSA) is 18.5 Å². The van der Waals surface area contributed by atoms with Crippen molar-refractivity contribution in [3.05, 3.63) is 0 Å². The number of hydrogen-bond donors (Lipinski definition) is 1. The molecule has 0 heterocycles. The molecule has 0 spiro atoms. The van der Waals surface area contributed by atoms with Crippen LogP contribution in [0.15, 0.2) is 0 Å². The Morgan fingerprint density at radius 3 is 1.90 bits per heavy atom. The van der Waals surface area contributed by atoms with E-state index >= 15 is 0 Å². The molecular weight excluding hydrogens is 246 g/mol. The lowest BCUT2D eigenvalue weighted by atomic mass is 9.84. The Morgan fingerprint density at radius 1 is 0.900 bits per heavy atom. The minimum absolute atomic E-state index is 0.411. The highest BCUT2D eigenvalue weighted by atomic mass is 15.1. The maximum atomic E-state index is 3.38. The van der Waals surface area contributed by atoms with Gasteiger partial charge in [0, 0.05) is 13.1 Å². The predicted octanol–water partition coefficient (Wildman–Crippen LogP) is 3.07. The number of hydrogen-bond acceptors (Lipinski definition) is 3. The van der Waals surface area contributed by atoms with Crippen LogP contribution in [0.5, 0.6) is 0 Å². The molecule has 1 N–H and O–H groups in total. The van der Waals surface area contributed by atoms with Gasteiger partial charge in [0.05, 0.1) is 0 Å². The largest absolute Gasteiger partial charge is 0.319 e. The standard InChI is InChI=1S/C17H39N3/c1-7-12-17(5,15-18-6)16-20(10-4)14-11-13-19(8-2)9-3/h18H,7-16H2,1-6H3. The summed E-state index contributed by atoms with van der Waals surface area (Å²) in [7, 11) is 2.07. The molecule has 0 aromatic heterocycles. The normalized spacial score (nSPS) is 15.0. The average molecular weight is 286 g/mol. The maximum absolute atomic E-state index is 3.38. The van der Waals surface area contributed by atoms with Crippen LogP contribution < -0.4 is 5.32 Å². The van der Waals surface area contributed by atoms with Gasteiger partial charge in [-0.3, -0.25) is 0 Å². The van der Waals surface area contributed by atoms with Crippen LogP contribution in [0.3, 0.4) is 0 Å². The van der Waals surface area contributed by atoms with E-state index in [0.29, 0.717) is 5.41 Å². The summed E-state index contributed by atoms with van der Waals surface area (Å²) in [5.41, 5.74) is 0.411. The summed E-state index contributed by atoms with van der Waals surface area (Å²) in [6.07, 6.45) is 3.87. The maximum Gasteiger partial charge on any atom is 0.00474 e. The molecule has 3 nitrogen and oxygen atoms in total. The Hall–Kier alpha value is -0.120. The zero-order chi connectivity index (χ0) is 15.4.